The Morgan fingerprint density at radius 2 is 1.65 bits per heavy atom. The van der Waals surface area contributed by atoms with Crippen LogP contribution in [0.3, 0.4) is 0 Å². The summed E-state index contributed by atoms with van der Waals surface area (Å²) in [5.74, 6) is 0. The fourth-order valence-corrected chi connectivity index (χ4v) is 2.68. The van der Waals surface area contributed by atoms with Crippen molar-refractivity contribution in [3.63, 3.8) is 0 Å². The number of hydrogen-bond donors (Lipinski definition) is 2. The first kappa shape index (κ1) is 13.3. The summed E-state index contributed by atoms with van der Waals surface area (Å²) >= 11 is 0. The summed E-state index contributed by atoms with van der Waals surface area (Å²) in [6.07, 6.45) is 5.00. The van der Waals surface area contributed by atoms with E-state index in [-0.39, 0.29) is 0 Å². The number of ether oxygens (including phenoxy) is 2. The summed E-state index contributed by atoms with van der Waals surface area (Å²) in [7, 11) is 0. The van der Waals surface area contributed by atoms with Crippen molar-refractivity contribution in [3.05, 3.63) is 0 Å². The highest BCUT2D eigenvalue weighted by molar-refractivity contribution is 4.83. The van der Waals surface area contributed by atoms with E-state index in [0.29, 0.717) is 18.1 Å². The zero-order valence-corrected chi connectivity index (χ0v) is 10.9. The van der Waals surface area contributed by atoms with Gasteiger partial charge in [-0.05, 0) is 39.2 Å². The molecule has 3 atom stereocenters. The van der Waals surface area contributed by atoms with Crippen molar-refractivity contribution in [3.8, 4) is 0 Å². The van der Waals surface area contributed by atoms with E-state index >= 15 is 0 Å². The van der Waals surface area contributed by atoms with E-state index < -0.39 is 0 Å². The Morgan fingerprint density at radius 1 is 0.941 bits per heavy atom. The Kier molecular flexibility index (Phi) is 5.71. The molecule has 2 saturated heterocycles. The zero-order valence-electron chi connectivity index (χ0n) is 10.9. The highest BCUT2D eigenvalue weighted by Gasteiger charge is 2.24. The van der Waals surface area contributed by atoms with Crippen LogP contribution in [0, 0.1) is 0 Å². The molecule has 0 amide bonds. The van der Waals surface area contributed by atoms with Gasteiger partial charge in [-0.3, -0.25) is 0 Å². The minimum atomic E-state index is 0.529. The first-order valence-corrected chi connectivity index (χ1v) is 7.03. The van der Waals surface area contributed by atoms with Crippen LogP contribution >= 0.6 is 0 Å². The van der Waals surface area contributed by atoms with Crippen LogP contribution in [0.25, 0.3) is 0 Å². The minimum absolute atomic E-state index is 0.529. The number of nitrogens with one attached hydrogen (secondary N) is 2. The second kappa shape index (κ2) is 7.31. The Labute approximate surface area is 104 Å². The Morgan fingerprint density at radius 3 is 2.29 bits per heavy atom. The molecular weight excluding hydrogens is 216 g/mol. The Balaban J connectivity index is 1.51. The lowest BCUT2D eigenvalue weighted by Gasteiger charge is -2.16. The van der Waals surface area contributed by atoms with Crippen LogP contribution in [0.4, 0.5) is 0 Å². The molecule has 0 aromatic carbocycles. The average Bonchev–Trinajstić information content (AvgIpc) is 2.98. The predicted molar refractivity (Wildman–Crippen MR) is 68.3 cm³/mol. The summed E-state index contributed by atoms with van der Waals surface area (Å²) in [5, 5.41) is 7.03. The molecule has 1 unspecified atom stereocenters. The molecule has 4 heteroatoms. The van der Waals surface area contributed by atoms with Gasteiger partial charge in [-0.1, -0.05) is 0 Å². The molecule has 2 N–H and O–H groups in total. The van der Waals surface area contributed by atoms with Crippen molar-refractivity contribution < 1.29 is 9.47 Å². The van der Waals surface area contributed by atoms with Gasteiger partial charge in [0, 0.05) is 24.7 Å². The van der Waals surface area contributed by atoms with Gasteiger partial charge in [0.2, 0.25) is 0 Å². The van der Waals surface area contributed by atoms with Gasteiger partial charge in [0.1, 0.15) is 0 Å². The third-order valence-electron chi connectivity index (χ3n) is 3.66. The number of rotatable bonds is 7. The molecule has 2 aliphatic rings. The van der Waals surface area contributed by atoms with Crippen LogP contribution in [0.5, 0.6) is 0 Å². The lowest BCUT2D eigenvalue weighted by molar-refractivity contribution is 0.0933. The largest absolute Gasteiger partial charge is 0.380 e. The summed E-state index contributed by atoms with van der Waals surface area (Å²) in [6.45, 7) is 6.58. The number of hydrogen-bond acceptors (Lipinski definition) is 4. The van der Waals surface area contributed by atoms with E-state index in [9.17, 15) is 0 Å². The van der Waals surface area contributed by atoms with E-state index in [4.69, 9.17) is 9.47 Å². The molecule has 0 saturated carbocycles. The average molecular weight is 242 g/mol. The first-order chi connectivity index (χ1) is 8.38. The smallest absolute Gasteiger partial charge is 0.0620 e. The fourth-order valence-electron chi connectivity index (χ4n) is 2.68. The van der Waals surface area contributed by atoms with Crippen molar-refractivity contribution in [2.45, 2.75) is 50.7 Å². The van der Waals surface area contributed by atoms with Crippen LogP contribution in [0.15, 0.2) is 0 Å². The molecule has 0 radical (unpaired) electrons. The summed E-state index contributed by atoms with van der Waals surface area (Å²) in [6, 6.07) is 1.66. The molecule has 2 rings (SSSR count). The van der Waals surface area contributed by atoms with Gasteiger partial charge in [0.05, 0.1) is 19.8 Å². The second-order valence-electron chi connectivity index (χ2n) is 5.13. The summed E-state index contributed by atoms with van der Waals surface area (Å²) in [5.41, 5.74) is 0. The molecule has 0 aromatic rings. The molecule has 0 aromatic heterocycles. The molecule has 2 heterocycles. The van der Waals surface area contributed by atoms with Gasteiger partial charge in [0.15, 0.2) is 0 Å². The SMILES string of the molecule is CCOC[C@@H]1CCC(COC[C@@H]2CCCN2)N1. The van der Waals surface area contributed by atoms with Crippen molar-refractivity contribution in [2.75, 3.05) is 33.0 Å². The normalized spacial score (nSPS) is 33.4. The van der Waals surface area contributed by atoms with Gasteiger partial charge < -0.3 is 20.1 Å². The Hall–Kier alpha value is -0.160. The Bertz CT molecular complexity index is 208. The molecule has 17 heavy (non-hydrogen) atoms. The quantitative estimate of drug-likeness (QED) is 0.696. The molecule has 4 nitrogen and oxygen atoms in total. The van der Waals surface area contributed by atoms with Gasteiger partial charge in [-0.25, -0.2) is 0 Å². The van der Waals surface area contributed by atoms with Gasteiger partial charge in [-0.2, -0.15) is 0 Å². The monoisotopic (exact) mass is 242 g/mol. The van der Waals surface area contributed by atoms with Crippen LogP contribution in [0.2, 0.25) is 0 Å². The van der Waals surface area contributed by atoms with Crippen molar-refractivity contribution in [1.29, 1.82) is 0 Å². The fraction of sp³-hybridized carbons (Fsp3) is 1.00. The van der Waals surface area contributed by atoms with Gasteiger partial charge >= 0.3 is 0 Å². The molecular formula is C13H26N2O2. The third-order valence-corrected chi connectivity index (χ3v) is 3.66. The zero-order chi connectivity index (χ0) is 11.9. The molecule has 2 aliphatic heterocycles. The van der Waals surface area contributed by atoms with Crippen LogP contribution in [0.1, 0.15) is 32.6 Å². The van der Waals surface area contributed by atoms with E-state index in [1.807, 2.05) is 6.92 Å². The predicted octanol–water partition coefficient (Wildman–Crippen LogP) is 0.912. The van der Waals surface area contributed by atoms with Crippen molar-refractivity contribution >= 4 is 0 Å². The maximum atomic E-state index is 5.79. The van der Waals surface area contributed by atoms with Gasteiger partial charge in [0.25, 0.3) is 0 Å². The van der Waals surface area contributed by atoms with Gasteiger partial charge in [-0.15, -0.1) is 0 Å². The van der Waals surface area contributed by atoms with Crippen LogP contribution in [-0.4, -0.2) is 51.1 Å². The maximum Gasteiger partial charge on any atom is 0.0620 e. The topological polar surface area (TPSA) is 42.5 Å². The highest BCUT2D eigenvalue weighted by Crippen LogP contribution is 2.13. The minimum Gasteiger partial charge on any atom is -0.380 e. The molecule has 100 valence electrons. The van der Waals surface area contributed by atoms with E-state index in [1.165, 1.54) is 25.7 Å². The molecule has 0 aliphatic carbocycles. The summed E-state index contributed by atoms with van der Waals surface area (Å²) in [4.78, 5) is 0. The second-order valence-corrected chi connectivity index (χ2v) is 5.13. The maximum absolute atomic E-state index is 5.79. The standard InChI is InChI=1S/C13H26N2O2/c1-2-16-9-12-5-6-13(15-12)10-17-8-11-4-3-7-14-11/h11-15H,2-10H2,1H3/t11-,12-,13?/m0/s1. The third kappa shape index (κ3) is 4.54. The lowest BCUT2D eigenvalue weighted by atomic mass is 10.2. The first-order valence-electron chi connectivity index (χ1n) is 7.03. The van der Waals surface area contributed by atoms with Crippen LogP contribution < -0.4 is 10.6 Å². The van der Waals surface area contributed by atoms with E-state index in [1.54, 1.807) is 0 Å². The van der Waals surface area contributed by atoms with E-state index in [0.717, 1.165) is 33.0 Å². The summed E-state index contributed by atoms with van der Waals surface area (Å²) < 4.78 is 11.2. The van der Waals surface area contributed by atoms with Crippen molar-refractivity contribution in [2.24, 2.45) is 0 Å². The van der Waals surface area contributed by atoms with E-state index in [2.05, 4.69) is 10.6 Å². The molecule has 0 spiro atoms. The van der Waals surface area contributed by atoms with Crippen molar-refractivity contribution in [1.82, 2.24) is 10.6 Å². The molecule has 0 bridgehead atoms. The molecule has 2 fully saturated rings. The van der Waals surface area contributed by atoms with Crippen LogP contribution in [-0.2, 0) is 9.47 Å². The highest BCUT2D eigenvalue weighted by atomic mass is 16.5. The lowest BCUT2D eigenvalue weighted by Crippen LogP contribution is -2.36.